The van der Waals surface area contributed by atoms with E-state index in [0.29, 0.717) is 6.42 Å². The van der Waals surface area contributed by atoms with E-state index in [-0.39, 0.29) is 11.8 Å². The van der Waals surface area contributed by atoms with Gasteiger partial charge in [-0.05, 0) is 31.9 Å². The van der Waals surface area contributed by atoms with Gasteiger partial charge >= 0.3 is 0 Å². The molecule has 0 bridgehead atoms. The van der Waals surface area contributed by atoms with Crippen LogP contribution in [-0.2, 0) is 17.6 Å². The Kier molecular flexibility index (Phi) is 3.86. The van der Waals surface area contributed by atoms with Crippen LogP contribution in [0.5, 0.6) is 0 Å². The molecule has 7 heteroatoms. The summed E-state index contributed by atoms with van der Waals surface area (Å²) in [4.78, 5) is 17.1. The number of amides is 1. The first kappa shape index (κ1) is 15.0. The zero-order valence-electron chi connectivity index (χ0n) is 13.2. The molecule has 1 aliphatic rings. The van der Waals surface area contributed by atoms with E-state index in [2.05, 4.69) is 25.7 Å². The van der Waals surface area contributed by atoms with Crippen LogP contribution < -0.4 is 5.32 Å². The largest absolute Gasteiger partial charge is 0.326 e. The molecule has 2 N–H and O–H groups in total. The van der Waals surface area contributed by atoms with Crippen LogP contribution in [0.1, 0.15) is 23.5 Å². The molecule has 4 rings (SSSR count). The number of rotatable bonds is 3. The SMILES string of the molecule is Cc1csc(-c2cccc(NC(=O)C3CCc4n[nH]nc4C3)c2)n1. The van der Waals surface area contributed by atoms with Crippen molar-refractivity contribution < 1.29 is 4.79 Å². The Morgan fingerprint density at radius 3 is 3.04 bits per heavy atom. The predicted molar refractivity (Wildman–Crippen MR) is 92.8 cm³/mol. The molecule has 2 heterocycles. The molecular weight excluding hydrogens is 322 g/mol. The van der Waals surface area contributed by atoms with Gasteiger partial charge in [0.2, 0.25) is 5.91 Å². The normalized spacial score (nSPS) is 16.6. The minimum Gasteiger partial charge on any atom is -0.326 e. The van der Waals surface area contributed by atoms with Crippen molar-refractivity contribution in [3.05, 3.63) is 46.7 Å². The zero-order valence-corrected chi connectivity index (χ0v) is 14.1. The number of nitrogens with zero attached hydrogens (tertiary/aromatic N) is 3. The van der Waals surface area contributed by atoms with Crippen molar-refractivity contribution >= 4 is 22.9 Å². The van der Waals surface area contributed by atoms with Gasteiger partial charge in [0.15, 0.2) is 0 Å². The lowest BCUT2D eigenvalue weighted by molar-refractivity contribution is -0.120. The molecule has 1 atom stereocenters. The van der Waals surface area contributed by atoms with E-state index in [9.17, 15) is 4.79 Å². The Morgan fingerprint density at radius 1 is 1.33 bits per heavy atom. The standard InChI is InChI=1S/C17H17N5OS/c1-10-9-24-17(18-10)12-3-2-4-13(7-12)19-16(23)11-5-6-14-15(8-11)21-22-20-14/h2-4,7,9,11H,5-6,8H2,1H3,(H,19,23)(H,20,21,22). The van der Waals surface area contributed by atoms with Gasteiger partial charge in [-0.2, -0.15) is 15.4 Å². The minimum absolute atomic E-state index is 0.0381. The van der Waals surface area contributed by atoms with Crippen molar-refractivity contribution in [2.45, 2.75) is 26.2 Å². The molecule has 0 saturated heterocycles. The molecule has 0 radical (unpaired) electrons. The molecule has 6 nitrogen and oxygen atoms in total. The number of benzene rings is 1. The lowest BCUT2D eigenvalue weighted by Crippen LogP contribution is -2.28. The number of aryl methyl sites for hydroxylation is 2. The third-order valence-electron chi connectivity index (χ3n) is 4.24. The molecule has 24 heavy (non-hydrogen) atoms. The third-order valence-corrected chi connectivity index (χ3v) is 5.25. The lowest BCUT2D eigenvalue weighted by Gasteiger charge is -2.19. The summed E-state index contributed by atoms with van der Waals surface area (Å²) in [5.74, 6) is -0.0236. The van der Waals surface area contributed by atoms with Gasteiger partial charge in [-0.15, -0.1) is 11.3 Å². The third kappa shape index (κ3) is 2.94. The Bertz CT molecular complexity index is 885. The van der Waals surface area contributed by atoms with Gasteiger partial charge in [-0.25, -0.2) is 4.98 Å². The summed E-state index contributed by atoms with van der Waals surface area (Å²) in [7, 11) is 0. The minimum atomic E-state index is -0.0617. The van der Waals surface area contributed by atoms with Gasteiger partial charge in [-0.3, -0.25) is 4.79 Å². The van der Waals surface area contributed by atoms with Crippen LogP contribution >= 0.6 is 11.3 Å². The molecule has 0 aliphatic heterocycles. The van der Waals surface area contributed by atoms with Crippen LogP contribution in [0.2, 0.25) is 0 Å². The number of aromatic nitrogens is 4. The summed E-state index contributed by atoms with van der Waals surface area (Å²) in [5, 5.41) is 16.9. The van der Waals surface area contributed by atoms with E-state index in [1.54, 1.807) is 11.3 Å². The van der Waals surface area contributed by atoms with E-state index in [0.717, 1.165) is 46.2 Å². The summed E-state index contributed by atoms with van der Waals surface area (Å²) >= 11 is 1.61. The van der Waals surface area contributed by atoms with Crippen molar-refractivity contribution in [2.24, 2.45) is 5.92 Å². The number of aromatic amines is 1. The fourth-order valence-corrected chi connectivity index (χ4v) is 3.76. The summed E-state index contributed by atoms with van der Waals surface area (Å²) in [5.41, 5.74) is 4.73. The fourth-order valence-electron chi connectivity index (χ4n) is 2.97. The second-order valence-electron chi connectivity index (χ2n) is 6.02. The smallest absolute Gasteiger partial charge is 0.227 e. The summed E-state index contributed by atoms with van der Waals surface area (Å²) in [6, 6.07) is 7.83. The maximum atomic E-state index is 12.6. The number of hydrogen-bond acceptors (Lipinski definition) is 5. The number of hydrogen-bond donors (Lipinski definition) is 2. The second kappa shape index (κ2) is 6.16. The monoisotopic (exact) mass is 339 g/mol. The van der Waals surface area contributed by atoms with Gasteiger partial charge in [0, 0.05) is 34.7 Å². The highest BCUT2D eigenvalue weighted by atomic mass is 32.1. The second-order valence-corrected chi connectivity index (χ2v) is 6.88. The maximum absolute atomic E-state index is 12.6. The molecular formula is C17H17N5OS. The van der Waals surface area contributed by atoms with Crippen LogP contribution in [0.4, 0.5) is 5.69 Å². The van der Waals surface area contributed by atoms with Crippen molar-refractivity contribution in [1.82, 2.24) is 20.4 Å². The number of anilines is 1. The van der Waals surface area contributed by atoms with Crippen LogP contribution in [0.25, 0.3) is 10.6 Å². The average Bonchev–Trinajstić information content (AvgIpc) is 3.23. The molecule has 1 amide bonds. The zero-order chi connectivity index (χ0) is 16.5. The molecule has 1 aliphatic carbocycles. The summed E-state index contributed by atoms with van der Waals surface area (Å²) in [6.45, 7) is 1.98. The van der Waals surface area contributed by atoms with Gasteiger partial charge in [0.25, 0.3) is 0 Å². The Labute approximate surface area is 143 Å². The molecule has 122 valence electrons. The number of thiazole rings is 1. The van der Waals surface area contributed by atoms with E-state index >= 15 is 0 Å². The molecule has 1 aromatic carbocycles. The number of H-pyrrole nitrogens is 1. The fraction of sp³-hybridized carbons (Fsp3) is 0.294. The molecule has 0 saturated carbocycles. The molecule has 0 spiro atoms. The maximum Gasteiger partial charge on any atom is 0.227 e. The van der Waals surface area contributed by atoms with E-state index in [1.165, 1.54) is 0 Å². The number of nitrogens with one attached hydrogen (secondary N) is 2. The van der Waals surface area contributed by atoms with Crippen molar-refractivity contribution in [3.8, 4) is 10.6 Å². The molecule has 2 aromatic heterocycles. The van der Waals surface area contributed by atoms with Crippen molar-refractivity contribution in [2.75, 3.05) is 5.32 Å². The van der Waals surface area contributed by atoms with E-state index in [4.69, 9.17) is 0 Å². The highest BCUT2D eigenvalue weighted by Crippen LogP contribution is 2.27. The van der Waals surface area contributed by atoms with Gasteiger partial charge in [0.1, 0.15) is 5.01 Å². The topological polar surface area (TPSA) is 83.6 Å². The van der Waals surface area contributed by atoms with E-state index in [1.807, 2.05) is 36.6 Å². The molecule has 0 fully saturated rings. The Morgan fingerprint density at radius 2 is 2.21 bits per heavy atom. The first-order valence-electron chi connectivity index (χ1n) is 7.91. The van der Waals surface area contributed by atoms with Crippen molar-refractivity contribution in [3.63, 3.8) is 0 Å². The first-order valence-corrected chi connectivity index (χ1v) is 8.79. The van der Waals surface area contributed by atoms with Gasteiger partial charge < -0.3 is 5.32 Å². The van der Waals surface area contributed by atoms with Crippen LogP contribution in [0.15, 0.2) is 29.6 Å². The predicted octanol–water partition coefficient (Wildman–Crippen LogP) is 2.98. The van der Waals surface area contributed by atoms with Gasteiger partial charge in [-0.1, -0.05) is 12.1 Å². The Hall–Kier alpha value is -2.54. The average molecular weight is 339 g/mol. The Balaban J connectivity index is 1.48. The first-order chi connectivity index (χ1) is 11.7. The van der Waals surface area contributed by atoms with Crippen LogP contribution in [0, 0.1) is 12.8 Å². The van der Waals surface area contributed by atoms with Crippen LogP contribution in [0.3, 0.4) is 0 Å². The van der Waals surface area contributed by atoms with Crippen LogP contribution in [-0.4, -0.2) is 26.3 Å². The number of carbonyl (C=O) groups excluding carboxylic acids is 1. The highest BCUT2D eigenvalue weighted by molar-refractivity contribution is 7.13. The summed E-state index contributed by atoms with van der Waals surface area (Å²) < 4.78 is 0. The molecule has 1 unspecified atom stereocenters. The van der Waals surface area contributed by atoms with E-state index < -0.39 is 0 Å². The van der Waals surface area contributed by atoms with Crippen molar-refractivity contribution in [1.29, 1.82) is 0 Å². The van der Waals surface area contributed by atoms with Gasteiger partial charge in [0.05, 0.1) is 11.4 Å². The number of carbonyl (C=O) groups is 1. The lowest BCUT2D eigenvalue weighted by atomic mass is 9.89. The summed E-state index contributed by atoms with van der Waals surface area (Å²) in [6.07, 6.45) is 2.24. The molecule has 3 aromatic rings. The quantitative estimate of drug-likeness (QED) is 0.768. The number of fused-ring (bicyclic) bond motifs is 1. The highest BCUT2D eigenvalue weighted by Gasteiger charge is 2.27.